The van der Waals surface area contributed by atoms with Crippen molar-refractivity contribution in [3.63, 3.8) is 0 Å². The van der Waals surface area contributed by atoms with Gasteiger partial charge in [-0.15, -0.1) is 0 Å². The number of esters is 1. The minimum Gasteiger partial charge on any atom is -0.455 e. The van der Waals surface area contributed by atoms with E-state index in [2.05, 4.69) is 0 Å². The summed E-state index contributed by atoms with van der Waals surface area (Å²) in [6, 6.07) is 4.63. The molecule has 1 aromatic rings. The van der Waals surface area contributed by atoms with Gasteiger partial charge in [0.2, 0.25) is 10.0 Å². The fourth-order valence-electron chi connectivity index (χ4n) is 3.99. The Balaban J connectivity index is 1.50. The molecule has 2 aliphatic rings. The highest BCUT2D eigenvalue weighted by atomic mass is 32.2. The van der Waals surface area contributed by atoms with Crippen molar-refractivity contribution in [3.8, 4) is 0 Å². The van der Waals surface area contributed by atoms with E-state index in [9.17, 15) is 26.4 Å². The van der Waals surface area contributed by atoms with Crippen LogP contribution in [-0.2, 0) is 34.2 Å². The highest BCUT2D eigenvalue weighted by molar-refractivity contribution is 7.91. The summed E-state index contributed by atoms with van der Waals surface area (Å²) in [5.74, 6) is -1.48. The molecule has 9 nitrogen and oxygen atoms in total. The lowest BCUT2D eigenvalue weighted by Crippen LogP contribution is -2.42. The molecule has 0 bridgehead atoms. The van der Waals surface area contributed by atoms with Gasteiger partial charge in [-0.1, -0.05) is 6.07 Å². The molecule has 2 saturated heterocycles. The number of sulfonamides is 1. The average Bonchev–Trinajstić information content (AvgIpc) is 3.12. The zero-order chi connectivity index (χ0) is 23.7. The fourth-order valence-corrected chi connectivity index (χ4v) is 7.32. The molecule has 32 heavy (non-hydrogen) atoms. The molecular formula is C21H30N2O7S2. The van der Waals surface area contributed by atoms with Crippen LogP contribution < -0.4 is 0 Å². The third-order valence-corrected chi connectivity index (χ3v) is 10.0. The van der Waals surface area contributed by atoms with Crippen molar-refractivity contribution in [3.05, 3.63) is 29.3 Å². The van der Waals surface area contributed by atoms with Crippen LogP contribution in [-0.4, -0.2) is 82.2 Å². The lowest BCUT2D eigenvalue weighted by atomic mass is 9.98. The highest BCUT2D eigenvalue weighted by Crippen LogP contribution is 2.26. The summed E-state index contributed by atoms with van der Waals surface area (Å²) >= 11 is 0. The summed E-state index contributed by atoms with van der Waals surface area (Å²) in [6.07, 6.45) is 1.01. The number of carbonyl (C=O) groups is 2. The van der Waals surface area contributed by atoms with Crippen LogP contribution in [0.4, 0.5) is 0 Å². The van der Waals surface area contributed by atoms with Crippen molar-refractivity contribution in [1.29, 1.82) is 0 Å². The van der Waals surface area contributed by atoms with Gasteiger partial charge in [0.15, 0.2) is 16.4 Å². The molecule has 0 aromatic heterocycles. The predicted molar refractivity (Wildman–Crippen MR) is 118 cm³/mol. The molecule has 2 aliphatic heterocycles. The Morgan fingerprint density at radius 1 is 1.12 bits per heavy atom. The van der Waals surface area contributed by atoms with Crippen molar-refractivity contribution >= 4 is 31.7 Å². The normalized spacial score (nSPS) is 21.9. The molecule has 0 radical (unpaired) electrons. The largest absolute Gasteiger partial charge is 0.455 e. The van der Waals surface area contributed by atoms with Crippen molar-refractivity contribution in [1.82, 2.24) is 9.21 Å². The summed E-state index contributed by atoms with van der Waals surface area (Å²) in [5.41, 5.74) is 1.91. The Morgan fingerprint density at radius 3 is 2.34 bits per heavy atom. The maximum absolute atomic E-state index is 12.9. The van der Waals surface area contributed by atoms with Gasteiger partial charge in [-0.25, -0.2) is 16.8 Å². The van der Waals surface area contributed by atoms with E-state index in [4.69, 9.17) is 4.74 Å². The number of hydrogen-bond donors (Lipinski definition) is 0. The fraction of sp³-hybridized carbons (Fsp3) is 0.619. The number of ether oxygens (including phenoxy) is 1. The van der Waals surface area contributed by atoms with E-state index >= 15 is 0 Å². The molecule has 178 valence electrons. The summed E-state index contributed by atoms with van der Waals surface area (Å²) in [4.78, 5) is 26.3. The zero-order valence-corrected chi connectivity index (χ0v) is 20.2. The van der Waals surface area contributed by atoms with Crippen molar-refractivity contribution in [2.45, 2.75) is 44.0 Å². The first-order chi connectivity index (χ1) is 14.9. The Bertz CT molecular complexity index is 1090. The minimum absolute atomic E-state index is 0.0543. The Kier molecular flexibility index (Phi) is 7.31. The second-order valence-electron chi connectivity index (χ2n) is 8.59. The molecule has 0 aliphatic carbocycles. The van der Waals surface area contributed by atoms with E-state index in [0.29, 0.717) is 19.3 Å². The predicted octanol–water partition coefficient (Wildman–Crippen LogP) is 0.893. The SMILES string of the molecule is Cc1ccc(S(=O)(=O)N2CCC(C(=O)OCC(=O)N(C)[C@@H]3CCS(=O)(=O)C3)CC2)cc1C. The number of likely N-dealkylation sites (N-methyl/N-ethyl adjacent to an activating group) is 1. The van der Waals surface area contributed by atoms with Gasteiger partial charge < -0.3 is 9.64 Å². The molecule has 1 amide bonds. The van der Waals surface area contributed by atoms with Gasteiger partial charge in [0, 0.05) is 26.2 Å². The van der Waals surface area contributed by atoms with E-state index in [1.807, 2.05) is 13.8 Å². The van der Waals surface area contributed by atoms with Crippen LogP contribution in [0.15, 0.2) is 23.1 Å². The molecule has 0 spiro atoms. The van der Waals surface area contributed by atoms with Crippen LogP contribution in [0.2, 0.25) is 0 Å². The van der Waals surface area contributed by atoms with Gasteiger partial charge in [0.1, 0.15) is 0 Å². The molecule has 1 aromatic carbocycles. The van der Waals surface area contributed by atoms with Crippen LogP contribution in [0, 0.1) is 19.8 Å². The quantitative estimate of drug-likeness (QED) is 0.548. The first kappa shape index (κ1) is 24.7. The number of nitrogens with zero attached hydrogens (tertiary/aromatic N) is 2. The van der Waals surface area contributed by atoms with Crippen molar-refractivity contribution < 1.29 is 31.2 Å². The molecular weight excluding hydrogens is 456 g/mol. The summed E-state index contributed by atoms with van der Waals surface area (Å²) in [7, 11) is -5.24. The number of carbonyl (C=O) groups excluding carboxylic acids is 2. The maximum Gasteiger partial charge on any atom is 0.309 e. The van der Waals surface area contributed by atoms with E-state index in [1.165, 1.54) is 16.3 Å². The van der Waals surface area contributed by atoms with Gasteiger partial charge in [0.05, 0.1) is 22.3 Å². The van der Waals surface area contributed by atoms with Gasteiger partial charge in [0.25, 0.3) is 5.91 Å². The minimum atomic E-state index is -3.64. The number of benzene rings is 1. The molecule has 2 fully saturated rings. The molecule has 1 atom stereocenters. The zero-order valence-electron chi connectivity index (χ0n) is 18.6. The van der Waals surface area contributed by atoms with Crippen LogP contribution in [0.1, 0.15) is 30.4 Å². The Hall–Kier alpha value is -1.98. The van der Waals surface area contributed by atoms with Crippen LogP contribution in [0.5, 0.6) is 0 Å². The van der Waals surface area contributed by atoms with E-state index < -0.39 is 50.3 Å². The lowest BCUT2D eigenvalue weighted by Gasteiger charge is -2.30. The van der Waals surface area contributed by atoms with Crippen LogP contribution >= 0.6 is 0 Å². The van der Waals surface area contributed by atoms with Crippen LogP contribution in [0.25, 0.3) is 0 Å². The van der Waals surface area contributed by atoms with E-state index in [0.717, 1.165) is 11.1 Å². The Morgan fingerprint density at radius 2 is 1.78 bits per heavy atom. The molecule has 0 N–H and O–H groups in total. The van der Waals surface area contributed by atoms with Gasteiger partial charge in [-0.2, -0.15) is 4.31 Å². The number of rotatable bonds is 6. The maximum atomic E-state index is 12.9. The number of amides is 1. The first-order valence-corrected chi connectivity index (χ1v) is 13.9. The van der Waals surface area contributed by atoms with E-state index in [1.54, 1.807) is 18.2 Å². The Labute approximate surface area is 189 Å². The third kappa shape index (κ3) is 5.49. The first-order valence-electron chi connectivity index (χ1n) is 10.6. The molecule has 0 unspecified atom stereocenters. The topological polar surface area (TPSA) is 118 Å². The number of piperidine rings is 1. The second kappa shape index (κ2) is 9.48. The lowest BCUT2D eigenvalue weighted by molar-refractivity contribution is -0.156. The standard InChI is InChI=1S/C21H30N2O7S2/c1-15-4-5-19(12-16(15)2)32(28,29)23-9-6-17(7-10-23)21(25)30-13-20(24)22(3)18-8-11-31(26,27)14-18/h4-5,12,17-18H,6-11,13-14H2,1-3H3/t18-/m1/s1. The van der Waals surface area contributed by atoms with Crippen LogP contribution in [0.3, 0.4) is 0 Å². The molecule has 0 saturated carbocycles. The van der Waals surface area contributed by atoms with Gasteiger partial charge >= 0.3 is 5.97 Å². The summed E-state index contributed by atoms with van der Waals surface area (Å²) in [6.45, 7) is 3.72. The number of hydrogen-bond acceptors (Lipinski definition) is 7. The summed E-state index contributed by atoms with van der Waals surface area (Å²) in [5, 5.41) is 0. The van der Waals surface area contributed by atoms with Crippen molar-refractivity contribution in [2.75, 3.05) is 38.2 Å². The third-order valence-electron chi connectivity index (χ3n) is 6.39. The smallest absolute Gasteiger partial charge is 0.309 e. The number of aryl methyl sites for hydroxylation is 2. The summed E-state index contributed by atoms with van der Waals surface area (Å²) < 4.78 is 55.5. The van der Waals surface area contributed by atoms with E-state index in [-0.39, 0.29) is 29.5 Å². The van der Waals surface area contributed by atoms with Crippen molar-refractivity contribution in [2.24, 2.45) is 5.92 Å². The van der Waals surface area contributed by atoms with Gasteiger partial charge in [-0.05, 0) is 56.4 Å². The average molecular weight is 487 g/mol. The molecule has 3 rings (SSSR count). The monoisotopic (exact) mass is 486 g/mol. The second-order valence-corrected chi connectivity index (χ2v) is 12.8. The molecule has 11 heteroatoms. The molecule has 2 heterocycles. The number of sulfone groups is 1. The van der Waals surface area contributed by atoms with Gasteiger partial charge in [-0.3, -0.25) is 9.59 Å². The highest BCUT2D eigenvalue weighted by Gasteiger charge is 2.35.